The number of aromatic nitrogens is 2. The third-order valence-electron chi connectivity index (χ3n) is 3.40. The van der Waals surface area contributed by atoms with E-state index in [0.29, 0.717) is 21.8 Å². The zero-order valence-corrected chi connectivity index (χ0v) is 14.9. The second-order valence-electron chi connectivity index (χ2n) is 5.11. The topological polar surface area (TPSA) is 72.2 Å². The van der Waals surface area contributed by atoms with Gasteiger partial charge < -0.3 is 5.11 Å². The molecule has 0 radical (unpaired) electrons. The third-order valence-corrected chi connectivity index (χ3v) is 4.98. The van der Waals surface area contributed by atoms with E-state index < -0.39 is 12.5 Å². The highest BCUT2D eigenvalue weighted by atomic mass is 79.9. The Morgan fingerprint density at radius 3 is 2.58 bits per heavy atom. The van der Waals surface area contributed by atoms with Crippen molar-refractivity contribution in [2.75, 3.05) is 0 Å². The molecule has 0 atom stereocenters. The number of benzene rings is 2. The van der Waals surface area contributed by atoms with Crippen LogP contribution in [0.25, 0.3) is 10.9 Å². The van der Waals surface area contributed by atoms with E-state index in [2.05, 4.69) is 20.9 Å². The van der Waals surface area contributed by atoms with E-state index in [4.69, 9.17) is 5.11 Å². The highest BCUT2D eigenvalue weighted by Crippen LogP contribution is 2.23. The molecule has 5 nitrogen and oxygen atoms in total. The largest absolute Gasteiger partial charge is 0.480 e. The van der Waals surface area contributed by atoms with Gasteiger partial charge in [-0.25, -0.2) is 4.98 Å². The molecule has 0 saturated carbocycles. The fourth-order valence-electron chi connectivity index (χ4n) is 2.26. The van der Waals surface area contributed by atoms with Crippen molar-refractivity contribution in [1.82, 2.24) is 9.55 Å². The Bertz CT molecular complexity index is 954. The molecule has 0 bridgehead atoms. The van der Waals surface area contributed by atoms with Crippen molar-refractivity contribution < 1.29 is 9.90 Å². The van der Waals surface area contributed by atoms with Gasteiger partial charge in [-0.3, -0.25) is 14.2 Å². The zero-order valence-electron chi connectivity index (χ0n) is 12.5. The van der Waals surface area contributed by atoms with Crippen molar-refractivity contribution in [3.8, 4) is 0 Å². The van der Waals surface area contributed by atoms with E-state index in [1.54, 1.807) is 24.3 Å². The van der Waals surface area contributed by atoms with Crippen LogP contribution < -0.4 is 5.56 Å². The number of rotatable bonds is 5. The first-order valence-corrected chi connectivity index (χ1v) is 8.91. The van der Waals surface area contributed by atoms with Crippen LogP contribution in [0, 0.1) is 0 Å². The van der Waals surface area contributed by atoms with Crippen LogP contribution in [0.5, 0.6) is 0 Å². The summed E-state index contributed by atoms with van der Waals surface area (Å²) in [5.74, 6) is -0.475. The molecular formula is C17H13BrN2O3S. The molecule has 3 aromatic rings. The van der Waals surface area contributed by atoms with Crippen molar-refractivity contribution in [2.24, 2.45) is 0 Å². The molecule has 0 aliphatic rings. The summed E-state index contributed by atoms with van der Waals surface area (Å²) < 4.78 is 2.21. The number of carboxylic acids is 1. The number of thioether (sulfide) groups is 1. The van der Waals surface area contributed by atoms with Crippen molar-refractivity contribution in [2.45, 2.75) is 17.5 Å². The maximum Gasteiger partial charge on any atom is 0.323 e. The van der Waals surface area contributed by atoms with Crippen LogP contribution in [-0.2, 0) is 17.1 Å². The zero-order chi connectivity index (χ0) is 17.1. The third kappa shape index (κ3) is 3.68. The Hall–Kier alpha value is -2.12. The molecule has 24 heavy (non-hydrogen) atoms. The number of halogens is 1. The molecule has 1 aromatic heterocycles. The molecule has 3 rings (SSSR count). The summed E-state index contributed by atoms with van der Waals surface area (Å²) in [6, 6.07) is 14.8. The van der Waals surface area contributed by atoms with Gasteiger partial charge in [-0.1, -0.05) is 52.0 Å². The number of carbonyl (C=O) groups is 1. The van der Waals surface area contributed by atoms with Gasteiger partial charge >= 0.3 is 5.97 Å². The molecule has 122 valence electrons. The number of aliphatic carboxylic acids is 1. The average Bonchev–Trinajstić information content (AvgIpc) is 2.57. The molecule has 0 aliphatic carbocycles. The van der Waals surface area contributed by atoms with Crippen LogP contribution in [0.1, 0.15) is 5.56 Å². The van der Waals surface area contributed by atoms with Crippen molar-refractivity contribution >= 4 is 44.6 Å². The van der Waals surface area contributed by atoms with E-state index in [1.165, 1.54) is 16.3 Å². The van der Waals surface area contributed by atoms with E-state index in [-0.39, 0.29) is 5.56 Å². The van der Waals surface area contributed by atoms with E-state index in [1.807, 2.05) is 24.3 Å². The van der Waals surface area contributed by atoms with Gasteiger partial charge in [0.15, 0.2) is 5.16 Å². The summed E-state index contributed by atoms with van der Waals surface area (Å²) in [5.41, 5.74) is 1.30. The van der Waals surface area contributed by atoms with Gasteiger partial charge in [0, 0.05) is 10.2 Å². The second kappa shape index (κ2) is 7.19. The van der Waals surface area contributed by atoms with Crippen LogP contribution >= 0.6 is 27.7 Å². The summed E-state index contributed by atoms with van der Waals surface area (Å²) >= 11 is 4.74. The normalized spacial score (nSPS) is 10.9. The van der Waals surface area contributed by atoms with Gasteiger partial charge in [0.2, 0.25) is 0 Å². The van der Waals surface area contributed by atoms with Gasteiger partial charge in [0.05, 0.1) is 10.9 Å². The highest BCUT2D eigenvalue weighted by molar-refractivity contribution is 9.10. The molecule has 7 heteroatoms. The average molecular weight is 405 g/mol. The van der Waals surface area contributed by atoms with Gasteiger partial charge in [-0.05, 0) is 29.8 Å². The molecule has 1 heterocycles. The van der Waals surface area contributed by atoms with Crippen LogP contribution in [0.2, 0.25) is 0 Å². The lowest BCUT2D eigenvalue weighted by Crippen LogP contribution is -2.26. The summed E-state index contributed by atoms with van der Waals surface area (Å²) in [5, 5.41) is 9.93. The lowest BCUT2D eigenvalue weighted by atomic mass is 10.2. The van der Waals surface area contributed by atoms with Crippen molar-refractivity contribution in [3.63, 3.8) is 0 Å². The molecular weight excluding hydrogens is 392 g/mol. The highest BCUT2D eigenvalue weighted by Gasteiger charge is 2.14. The number of carboxylic acid groups (broad SMARTS) is 1. The molecule has 0 fully saturated rings. The molecule has 2 aromatic carbocycles. The van der Waals surface area contributed by atoms with Crippen LogP contribution in [0.15, 0.2) is 63.0 Å². The first-order chi connectivity index (χ1) is 11.5. The first-order valence-electron chi connectivity index (χ1n) is 7.13. The fourth-order valence-corrected chi connectivity index (χ4v) is 3.48. The lowest BCUT2D eigenvalue weighted by molar-refractivity contribution is -0.137. The summed E-state index contributed by atoms with van der Waals surface area (Å²) in [6.45, 7) is -0.403. The Labute approximate surface area is 150 Å². The number of hydrogen-bond donors (Lipinski definition) is 1. The fraction of sp³-hybridized carbons (Fsp3) is 0.118. The van der Waals surface area contributed by atoms with E-state index >= 15 is 0 Å². The SMILES string of the molecule is O=C(O)Cn1c(SCc2ccc(Br)cc2)nc2ccccc2c1=O. The maximum atomic E-state index is 12.6. The van der Waals surface area contributed by atoms with Crippen LogP contribution in [0.4, 0.5) is 0 Å². The van der Waals surface area contributed by atoms with Crippen LogP contribution in [-0.4, -0.2) is 20.6 Å². The number of nitrogens with zero attached hydrogens (tertiary/aromatic N) is 2. The summed E-state index contributed by atoms with van der Waals surface area (Å²) in [7, 11) is 0. The quantitative estimate of drug-likeness (QED) is 0.520. The Morgan fingerprint density at radius 1 is 1.17 bits per heavy atom. The molecule has 0 aliphatic heterocycles. The van der Waals surface area contributed by atoms with Crippen LogP contribution in [0.3, 0.4) is 0 Å². The van der Waals surface area contributed by atoms with E-state index in [9.17, 15) is 9.59 Å². The van der Waals surface area contributed by atoms with E-state index in [0.717, 1.165) is 10.0 Å². The minimum atomic E-state index is -1.07. The van der Waals surface area contributed by atoms with Gasteiger partial charge in [0.25, 0.3) is 5.56 Å². The second-order valence-corrected chi connectivity index (χ2v) is 6.97. The number of para-hydroxylation sites is 1. The molecule has 0 unspecified atom stereocenters. The minimum absolute atomic E-state index is 0.332. The lowest BCUT2D eigenvalue weighted by Gasteiger charge is -2.11. The predicted octanol–water partition coefficient (Wildman–Crippen LogP) is 3.54. The van der Waals surface area contributed by atoms with Crippen molar-refractivity contribution in [1.29, 1.82) is 0 Å². The Kier molecular flexibility index (Phi) is 5.01. The van der Waals surface area contributed by atoms with Crippen molar-refractivity contribution in [3.05, 3.63) is 68.9 Å². The summed E-state index contributed by atoms with van der Waals surface area (Å²) in [6.07, 6.45) is 0. The Balaban J connectivity index is 1.99. The van der Waals surface area contributed by atoms with Gasteiger partial charge in [-0.2, -0.15) is 0 Å². The summed E-state index contributed by atoms with van der Waals surface area (Å²) in [4.78, 5) is 28.2. The number of hydrogen-bond acceptors (Lipinski definition) is 4. The maximum absolute atomic E-state index is 12.6. The van der Waals surface area contributed by atoms with Gasteiger partial charge in [-0.15, -0.1) is 0 Å². The van der Waals surface area contributed by atoms with Gasteiger partial charge in [0.1, 0.15) is 6.54 Å². The molecule has 0 spiro atoms. The molecule has 0 amide bonds. The first kappa shape index (κ1) is 16.7. The minimum Gasteiger partial charge on any atom is -0.480 e. The standard InChI is InChI=1S/C17H13BrN2O3S/c18-12-7-5-11(6-8-12)10-24-17-19-14-4-2-1-3-13(14)16(23)20(17)9-15(21)22/h1-8H,9-10H2,(H,21,22). The molecule has 0 saturated heterocycles. The number of fused-ring (bicyclic) bond motifs is 1. The molecule has 1 N–H and O–H groups in total. The monoisotopic (exact) mass is 404 g/mol. The smallest absolute Gasteiger partial charge is 0.323 e. The predicted molar refractivity (Wildman–Crippen MR) is 97.3 cm³/mol. The Morgan fingerprint density at radius 2 is 1.88 bits per heavy atom.